The molecule has 0 saturated carbocycles. The molecular formula is C22H23F3N4O. The maximum atomic E-state index is 12.9. The third-order valence-electron chi connectivity index (χ3n) is 4.66. The summed E-state index contributed by atoms with van der Waals surface area (Å²) in [7, 11) is 3.81. The SMILES string of the molecule is CN(C)CCNC(=O)c1cc(-c2ccc(C(F)(F)F)cc2)[nH]c1-c1ccccc1N. The molecule has 2 aromatic carbocycles. The van der Waals surface area contributed by atoms with Crippen LogP contribution in [0.25, 0.3) is 22.5 Å². The van der Waals surface area contributed by atoms with Gasteiger partial charge in [-0.25, -0.2) is 0 Å². The van der Waals surface area contributed by atoms with Crippen LogP contribution in [-0.2, 0) is 6.18 Å². The maximum absolute atomic E-state index is 12.9. The Balaban J connectivity index is 2.00. The Morgan fingerprint density at radius 1 is 1.10 bits per heavy atom. The van der Waals surface area contributed by atoms with E-state index in [0.717, 1.165) is 12.1 Å². The van der Waals surface area contributed by atoms with Gasteiger partial charge in [0, 0.05) is 30.0 Å². The lowest BCUT2D eigenvalue weighted by Crippen LogP contribution is -2.31. The molecule has 0 aliphatic carbocycles. The van der Waals surface area contributed by atoms with Crippen molar-refractivity contribution in [3.8, 4) is 22.5 Å². The fourth-order valence-corrected chi connectivity index (χ4v) is 3.05. The minimum Gasteiger partial charge on any atom is -0.398 e. The number of hydrogen-bond donors (Lipinski definition) is 3. The van der Waals surface area contributed by atoms with E-state index in [2.05, 4.69) is 10.3 Å². The van der Waals surface area contributed by atoms with Gasteiger partial charge in [-0.3, -0.25) is 4.79 Å². The molecule has 30 heavy (non-hydrogen) atoms. The van der Waals surface area contributed by atoms with Gasteiger partial charge in [0.15, 0.2) is 0 Å². The molecular weight excluding hydrogens is 393 g/mol. The summed E-state index contributed by atoms with van der Waals surface area (Å²) in [5, 5.41) is 2.86. The van der Waals surface area contributed by atoms with Crippen LogP contribution in [0.15, 0.2) is 54.6 Å². The number of nitrogens with zero attached hydrogens (tertiary/aromatic N) is 1. The fourth-order valence-electron chi connectivity index (χ4n) is 3.05. The first-order chi connectivity index (χ1) is 14.2. The van der Waals surface area contributed by atoms with Gasteiger partial charge in [-0.2, -0.15) is 13.2 Å². The summed E-state index contributed by atoms with van der Waals surface area (Å²) in [6.07, 6.45) is -4.41. The highest BCUT2D eigenvalue weighted by Gasteiger charge is 2.30. The number of amides is 1. The second-order valence-corrected chi connectivity index (χ2v) is 7.19. The van der Waals surface area contributed by atoms with Crippen molar-refractivity contribution in [2.24, 2.45) is 0 Å². The van der Waals surface area contributed by atoms with Crippen LogP contribution in [0.4, 0.5) is 18.9 Å². The Morgan fingerprint density at radius 2 is 1.77 bits per heavy atom. The van der Waals surface area contributed by atoms with Crippen molar-refractivity contribution in [2.45, 2.75) is 6.18 Å². The molecule has 3 aromatic rings. The number of H-pyrrole nitrogens is 1. The molecule has 0 aliphatic heterocycles. The second kappa shape index (κ2) is 8.62. The zero-order chi connectivity index (χ0) is 21.9. The van der Waals surface area contributed by atoms with E-state index in [-0.39, 0.29) is 5.91 Å². The number of nitrogen functional groups attached to an aromatic ring is 1. The van der Waals surface area contributed by atoms with Gasteiger partial charge < -0.3 is 20.9 Å². The lowest BCUT2D eigenvalue weighted by molar-refractivity contribution is -0.137. The number of carbonyl (C=O) groups excluding carboxylic acids is 1. The Hall–Kier alpha value is -3.26. The topological polar surface area (TPSA) is 74.2 Å². The summed E-state index contributed by atoms with van der Waals surface area (Å²) < 4.78 is 38.6. The van der Waals surface area contributed by atoms with E-state index in [1.807, 2.05) is 19.0 Å². The molecule has 1 amide bonds. The number of benzene rings is 2. The average Bonchev–Trinajstić information content (AvgIpc) is 3.13. The quantitative estimate of drug-likeness (QED) is 0.526. The minimum absolute atomic E-state index is 0.287. The number of hydrogen-bond acceptors (Lipinski definition) is 3. The van der Waals surface area contributed by atoms with Crippen LogP contribution in [0.1, 0.15) is 15.9 Å². The largest absolute Gasteiger partial charge is 0.416 e. The summed E-state index contributed by atoms with van der Waals surface area (Å²) in [5.74, 6) is -0.287. The molecule has 158 valence electrons. The number of rotatable bonds is 6. The van der Waals surface area contributed by atoms with Gasteiger partial charge >= 0.3 is 6.18 Å². The highest BCUT2D eigenvalue weighted by Crippen LogP contribution is 2.34. The maximum Gasteiger partial charge on any atom is 0.416 e. The van der Waals surface area contributed by atoms with Crippen molar-refractivity contribution in [3.05, 3.63) is 65.7 Å². The fraction of sp³-hybridized carbons (Fsp3) is 0.227. The number of anilines is 1. The summed E-state index contributed by atoms with van der Waals surface area (Å²) >= 11 is 0. The molecule has 0 saturated heterocycles. The predicted octanol–water partition coefficient (Wildman–Crippen LogP) is 4.24. The molecule has 0 atom stereocenters. The second-order valence-electron chi connectivity index (χ2n) is 7.19. The summed E-state index contributed by atoms with van der Waals surface area (Å²) in [5.41, 5.74) is 8.45. The number of aromatic nitrogens is 1. The van der Waals surface area contributed by atoms with Gasteiger partial charge in [0.25, 0.3) is 5.91 Å². The van der Waals surface area contributed by atoms with E-state index in [4.69, 9.17) is 5.73 Å². The summed E-state index contributed by atoms with van der Waals surface area (Å²) in [6, 6.07) is 13.5. The van der Waals surface area contributed by atoms with Crippen molar-refractivity contribution in [1.29, 1.82) is 0 Å². The predicted molar refractivity (Wildman–Crippen MR) is 112 cm³/mol. The minimum atomic E-state index is -4.41. The molecule has 0 radical (unpaired) electrons. The van der Waals surface area contributed by atoms with E-state index < -0.39 is 11.7 Å². The molecule has 3 rings (SSSR count). The van der Waals surface area contributed by atoms with Crippen LogP contribution >= 0.6 is 0 Å². The van der Waals surface area contributed by atoms with Gasteiger partial charge in [0.1, 0.15) is 0 Å². The Kier molecular flexibility index (Phi) is 6.17. The van der Waals surface area contributed by atoms with E-state index in [1.54, 1.807) is 30.3 Å². The molecule has 0 aliphatic rings. The molecule has 1 heterocycles. The van der Waals surface area contributed by atoms with Gasteiger partial charge in [0.05, 0.1) is 16.8 Å². The smallest absolute Gasteiger partial charge is 0.398 e. The molecule has 0 unspecified atom stereocenters. The number of nitrogens with one attached hydrogen (secondary N) is 2. The number of nitrogens with two attached hydrogens (primary N) is 1. The van der Waals surface area contributed by atoms with Crippen LogP contribution in [-0.4, -0.2) is 43.0 Å². The lowest BCUT2D eigenvalue weighted by atomic mass is 10.1. The van der Waals surface area contributed by atoms with Crippen molar-refractivity contribution in [1.82, 2.24) is 15.2 Å². The molecule has 0 fully saturated rings. The van der Waals surface area contributed by atoms with Crippen LogP contribution in [0.2, 0.25) is 0 Å². The summed E-state index contributed by atoms with van der Waals surface area (Å²) in [6.45, 7) is 1.13. The van der Waals surface area contributed by atoms with Crippen LogP contribution < -0.4 is 11.1 Å². The zero-order valence-electron chi connectivity index (χ0n) is 16.7. The van der Waals surface area contributed by atoms with E-state index >= 15 is 0 Å². The molecule has 0 spiro atoms. The number of alkyl halides is 3. The number of likely N-dealkylation sites (N-methyl/N-ethyl adjacent to an activating group) is 1. The van der Waals surface area contributed by atoms with E-state index in [0.29, 0.717) is 46.9 Å². The lowest BCUT2D eigenvalue weighted by Gasteiger charge is -2.11. The first kappa shape index (κ1) is 21.4. The first-order valence-corrected chi connectivity index (χ1v) is 9.35. The van der Waals surface area contributed by atoms with Crippen molar-refractivity contribution < 1.29 is 18.0 Å². The van der Waals surface area contributed by atoms with Crippen LogP contribution in [0, 0.1) is 0 Å². The number of aromatic amines is 1. The number of carbonyl (C=O) groups is 1. The molecule has 5 nitrogen and oxygen atoms in total. The van der Waals surface area contributed by atoms with Gasteiger partial charge in [0.2, 0.25) is 0 Å². The zero-order valence-corrected chi connectivity index (χ0v) is 16.7. The number of para-hydroxylation sites is 1. The number of halogens is 3. The normalized spacial score (nSPS) is 11.7. The highest BCUT2D eigenvalue weighted by molar-refractivity contribution is 6.03. The third kappa shape index (κ3) is 4.83. The molecule has 0 bridgehead atoms. The average molecular weight is 416 g/mol. The molecule has 8 heteroatoms. The van der Waals surface area contributed by atoms with Crippen molar-refractivity contribution >= 4 is 11.6 Å². The van der Waals surface area contributed by atoms with Crippen LogP contribution in [0.5, 0.6) is 0 Å². The molecule has 4 N–H and O–H groups in total. The Bertz CT molecular complexity index is 1020. The Morgan fingerprint density at radius 3 is 2.37 bits per heavy atom. The summed E-state index contributed by atoms with van der Waals surface area (Å²) in [4.78, 5) is 17.9. The Labute approximate surface area is 172 Å². The van der Waals surface area contributed by atoms with Gasteiger partial charge in [-0.15, -0.1) is 0 Å². The van der Waals surface area contributed by atoms with Crippen LogP contribution in [0.3, 0.4) is 0 Å². The molecule has 1 aromatic heterocycles. The van der Waals surface area contributed by atoms with E-state index in [1.165, 1.54) is 12.1 Å². The monoisotopic (exact) mass is 416 g/mol. The standard InChI is InChI=1S/C22H23F3N4O/c1-29(2)12-11-27-21(30)17-13-19(14-7-9-15(10-8-14)22(23,24)25)28-20(17)16-5-3-4-6-18(16)26/h3-10,13,28H,11-12,26H2,1-2H3,(H,27,30). The van der Waals surface area contributed by atoms with Crippen molar-refractivity contribution in [2.75, 3.05) is 32.9 Å². The first-order valence-electron chi connectivity index (χ1n) is 9.35. The van der Waals surface area contributed by atoms with Gasteiger partial charge in [-0.1, -0.05) is 30.3 Å². The third-order valence-corrected chi connectivity index (χ3v) is 4.66. The van der Waals surface area contributed by atoms with Gasteiger partial charge in [-0.05, 0) is 43.9 Å². The van der Waals surface area contributed by atoms with E-state index in [9.17, 15) is 18.0 Å². The van der Waals surface area contributed by atoms with Crippen molar-refractivity contribution in [3.63, 3.8) is 0 Å². The highest BCUT2D eigenvalue weighted by atomic mass is 19.4.